The van der Waals surface area contributed by atoms with Gasteiger partial charge in [-0.3, -0.25) is 14.2 Å². The SMILES string of the molecule is CC(C)C(Sc1cc(-n2c(=O)cc(C(F)(F)F)n(C)c2=O)c(F)cc1Cl)C(=O)O. The van der Waals surface area contributed by atoms with Gasteiger partial charge in [-0.2, -0.15) is 13.2 Å². The van der Waals surface area contributed by atoms with E-state index in [0.29, 0.717) is 0 Å². The minimum atomic E-state index is -4.96. The maximum Gasteiger partial charge on any atom is 0.431 e. The number of aliphatic carboxylic acids is 1. The second-order valence-corrected chi connectivity index (χ2v) is 7.99. The van der Waals surface area contributed by atoms with Crippen LogP contribution in [-0.4, -0.2) is 25.5 Å². The zero-order valence-corrected chi connectivity index (χ0v) is 16.8. The molecule has 2 aromatic rings. The lowest BCUT2D eigenvalue weighted by molar-refractivity contribution is -0.144. The van der Waals surface area contributed by atoms with E-state index in [1.165, 1.54) is 0 Å². The van der Waals surface area contributed by atoms with E-state index in [1.54, 1.807) is 13.8 Å². The van der Waals surface area contributed by atoms with E-state index in [9.17, 15) is 37.1 Å². The summed E-state index contributed by atoms with van der Waals surface area (Å²) in [6.07, 6.45) is -4.96. The lowest BCUT2D eigenvalue weighted by atomic mass is 10.1. The molecule has 1 N–H and O–H groups in total. The van der Waals surface area contributed by atoms with Gasteiger partial charge >= 0.3 is 17.8 Å². The van der Waals surface area contributed by atoms with Gasteiger partial charge in [0.25, 0.3) is 5.56 Å². The molecule has 1 aromatic carbocycles. The Hall–Kier alpha value is -2.27. The number of rotatable bonds is 5. The van der Waals surface area contributed by atoms with Gasteiger partial charge in [0.1, 0.15) is 16.8 Å². The molecule has 1 aromatic heterocycles. The summed E-state index contributed by atoms with van der Waals surface area (Å²) < 4.78 is 53.8. The van der Waals surface area contributed by atoms with Crippen LogP contribution in [0.3, 0.4) is 0 Å². The minimum Gasteiger partial charge on any atom is -0.480 e. The first kappa shape index (κ1) is 23.0. The molecule has 0 saturated heterocycles. The summed E-state index contributed by atoms with van der Waals surface area (Å²) in [5.41, 5.74) is -4.93. The van der Waals surface area contributed by atoms with Gasteiger partial charge in [0, 0.05) is 18.0 Å². The molecule has 158 valence electrons. The number of hydrogen-bond donors (Lipinski definition) is 1. The van der Waals surface area contributed by atoms with E-state index in [4.69, 9.17) is 11.6 Å². The number of hydrogen-bond acceptors (Lipinski definition) is 4. The van der Waals surface area contributed by atoms with E-state index in [2.05, 4.69) is 0 Å². The van der Waals surface area contributed by atoms with Crippen molar-refractivity contribution in [1.82, 2.24) is 9.13 Å². The Balaban J connectivity index is 2.71. The van der Waals surface area contributed by atoms with Gasteiger partial charge in [-0.15, -0.1) is 11.8 Å². The van der Waals surface area contributed by atoms with Crippen molar-refractivity contribution >= 4 is 29.3 Å². The third kappa shape index (κ3) is 4.67. The number of aromatic nitrogens is 2. The average molecular weight is 455 g/mol. The highest BCUT2D eigenvalue weighted by molar-refractivity contribution is 8.00. The van der Waals surface area contributed by atoms with Crippen molar-refractivity contribution in [2.24, 2.45) is 13.0 Å². The Morgan fingerprint density at radius 2 is 1.79 bits per heavy atom. The molecule has 1 unspecified atom stereocenters. The predicted octanol–water partition coefficient (Wildman–Crippen LogP) is 3.55. The van der Waals surface area contributed by atoms with Crippen LogP contribution in [0.5, 0.6) is 0 Å². The van der Waals surface area contributed by atoms with Gasteiger partial charge in [-0.25, -0.2) is 13.8 Å². The van der Waals surface area contributed by atoms with E-state index in [-0.39, 0.29) is 31.0 Å². The molecule has 6 nitrogen and oxygen atoms in total. The molecule has 0 aliphatic carbocycles. The molecule has 0 radical (unpaired) electrons. The Morgan fingerprint density at radius 3 is 2.28 bits per heavy atom. The van der Waals surface area contributed by atoms with Crippen molar-refractivity contribution in [3.8, 4) is 5.69 Å². The number of thioether (sulfide) groups is 1. The van der Waals surface area contributed by atoms with Crippen molar-refractivity contribution < 1.29 is 27.5 Å². The normalized spacial score (nSPS) is 13.0. The summed E-state index contributed by atoms with van der Waals surface area (Å²) in [7, 11) is 0.795. The molecule has 0 saturated carbocycles. The summed E-state index contributed by atoms with van der Waals surface area (Å²) in [6, 6.07) is 1.91. The fraction of sp³-hybridized carbons (Fsp3) is 0.353. The monoisotopic (exact) mass is 454 g/mol. The van der Waals surface area contributed by atoms with Crippen LogP contribution in [0.1, 0.15) is 19.5 Å². The molecule has 29 heavy (non-hydrogen) atoms. The molecule has 0 spiro atoms. The number of benzene rings is 1. The minimum absolute atomic E-state index is 0.0537. The fourth-order valence-electron chi connectivity index (χ4n) is 2.51. The van der Waals surface area contributed by atoms with E-state index in [0.717, 1.165) is 30.9 Å². The maximum absolute atomic E-state index is 14.5. The Morgan fingerprint density at radius 1 is 1.21 bits per heavy atom. The van der Waals surface area contributed by atoms with Gasteiger partial charge in [0.05, 0.1) is 10.7 Å². The standard InChI is InChI=1S/C17H15ClF4N2O4S/c1-7(2)14(15(26)27)29-11-5-10(9(19)4-8(11)18)24-13(25)6-12(17(20,21)22)23(3)16(24)28/h4-7,14H,1-3H3,(H,26,27). The molecular weight excluding hydrogens is 440 g/mol. The highest BCUT2D eigenvalue weighted by Crippen LogP contribution is 2.36. The third-order valence-corrected chi connectivity index (χ3v) is 5.97. The first-order chi connectivity index (χ1) is 13.3. The van der Waals surface area contributed by atoms with Gasteiger partial charge in [-0.05, 0) is 18.1 Å². The molecule has 1 heterocycles. The van der Waals surface area contributed by atoms with Crippen LogP contribution < -0.4 is 11.2 Å². The fourth-order valence-corrected chi connectivity index (χ4v) is 3.79. The van der Waals surface area contributed by atoms with Crippen LogP contribution in [0.25, 0.3) is 5.69 Å². The molecule has 1 atom stereocenters. The van der Waals surface area contributed by atoms with Crippen LogP contribution in [0.4, 0.5) is 17.6 Å². The van der Waals surface area contributed by atoms with Crippen molar-refractivity contribution in [2.75, 3.05) is 0 Å². The highest BCUT2D eigenvalue weighted by Gasteiger charge is 2.35. The summed E-state index contributed by atoms with van der Waals surface area (Å²) in [6.45, 7) is 3.28. The van der Waals surface area contributed by atoms with E-state index < -0.39 is 45.8 Å². The molecule has 0 bridgehead atoms. The van der Waals surface area contributed by atoms with Crippen LogP contribution >= 0.6 is 23.4 Å². The van der Waals surface area contributed by atoms with Gasteiger partial charge in [0.15, 0.2) is 0 Å². The summed E-state index contributed by atoms with van der Waals surface area (Å²) in [5, 5.41) is 8.17. The first-order valence-corrected chi connectivity index (χ1v) is 9.30. The number of nitrogens with zero attached hydrogens (tertiary/aromatic N) is 2. The lowest BCUT2D eigenvalue weighted by Gasteiger charge is -2.18. The second-order valence-electron chi connectivity index (χ2n) is 6.40. The number of halogens is 5. The second kappa shape index (κ2) is 8.23. The first-order valence-electron chi connectivity index (χ1n) is 8.04. The van der Waals surface area contributed by atoms with Crippen LogP contribution in [0, 0.1) is 11.7 Å². The topological polar surface area (TPSA) is 81.3 Å². The molecule has 2 rings (SSSR count). The van der Waals surface area contributed by atoms with Crippen molar-refractivity contribution in [3.05, 3.63) is 55.6 Å². The van der Waals surface area contributed by atoms with Crippen molar-refractivity contribution in [2.45, 2.75) is 30.2 Å². The zero-order chi connectivity index (χ0) is 22.3. The van der Waals surface area contributed by atoms with Crippen LogP contribution in [0.2, 0.25) is 5.02 Å². The van der Waals surface area contributed by atoms with Crippen molar-refractivity contribution in [1.29, 1.82) is 0 Å². The van der Waals surface area contributed by atoms with E-state index in [1.807, 2.05) is 0 Å². The molecule has 0 fully saturated rings. The number of carbonyl (C=O) groups is 1. The summed E-state index contributed by atoms with van der Waals surface area (Å²) in [4.78, 5) is 36.0. The quantitative estimate of drug-likeness (QED) is 0.552. The predicted molar refractivity (Wildman–Crippen MR) is 99.4 cm³/mol. The molecule has 0 amide bonds. The maximum atomic E-state index is 14.5. The third-order valence-electron chi connectivity index (χ3n) is 3.96. The van der Waals surface area contributed by atoms with Gasteiger partial charge < -0.3 is 5.11 Å². The average Bonchev–Trinajstić information content (AvgIpc) is 2.57. The van der Waals surface area contributed by atoms with Crippen molar-refractivity contribution in [3.63, 3.8) is 0 Å². The number of carboxylic acids is 1. The lowest BCUT2D eigenvalue weighted by Crippen LogP contribution is -2.41. The van der Waals surface area contributed by atoms with Gasteiger partial charge in [-0.1, -0.05) is 25.4 Å². The number of carboxylic acid groups (broad SMARTS) is 1. The Labute approximate surface area is 170 Å². The van der Waals surface area contributed by atoms with Gasteiger partial charge in [0.2, 0.25) is 0 Å². The van der Waals surface area contributed by atoms with E-state index >= 15 is 0 Å². The number of alkyl halides is 3. The Bertz CT molecular complexity index is 1080. The summed E-state index contributed by atoms with van der Waals surface area (Å²) in [5.74, 6) is -2.63. The zero-order valence-electron chi connectivity index (χ0n) is 15.3. The Kier molecular flexibility index (Phi) is 6.53. The van der Waals surface area contributed by atoms with Crippen LogP contribution in [-0.2, 0) is 18.0 Å². The highest BCUT2D eigenvalue weighted by atomic mass is 35.5. The summed E-state index contributed by atoms with van der Waals surface area (Å²) >= 11 is 6.74. The largest absolute Gasteiger partial charge is 0.480 e. The molecular formula is C17H15ClF4N2O4S. The smallest absolute Gasteiger partial charge is 0.431 e. The molecule has 12 heteroatoms. The molecule has 0 aliphatic heterocycles. The van der Waals surface area contributed by atoms with Crippen LogP contribution in [0.15, 0.2) is 32.7 Å². The molecule has 0 aliphatic rings.